The van der Waals surface area contributed by atoms with Gasteiger partial charge in [-0.1, -0.05) is 67.2 Å². The largest absolute Gasteiger partial charge is 0.340 e. The molecule has 2 heterocycles. The fourth-order valence-electron chi connectivity index (χ4n) is 3.53. The molecule has 0 radical (unpaired) electrons. The zero-order chi connectivity index (χ0) is 20.2. The number of hydrogen-bond acceptors (Lipinski definition) is 3. The number of nitrogens with one attached hydrogen (secondary N) is 1. The van der Waals surface area contributed by atoms with Gasteiger partial charge in [-0.3, -0.25) is 4.79 Å². The molecule has 5 heteroatoms. The zero-order valence-corrected chi connectivity index (χ0v) is 16.5. The first-order valence-corrected chi connectivity index (χ1v) is 9.71. The van der Waals surface area contributed by atoms with E-state index in [0.717, 1.165) is 23.4 Å². The van der Waals surface area contributed by atoms with Gasteiger partial charge in [-0.2, -0.15) is 5.10 Å². The van der Waals surface area contributed by atoms with Crippen LogP contribution in [0.2, 0.25) is 0 Å². The molecule has 1 aliphatic rings. The lowest BCUT2D eigenvalue weighted by molar-refractivity contribution is 0.0746. The summed E-state index contributed by atoms with van der Waals surface area (Å²) in [5.41, 5.74) is 4.55. The summed E-state index contributed by atoms with van der Waals surface area (Å²) in [6, 6.07) is 20.3. The van der Waals surface area contributed by atoms with Gasteiger partial charge in [-0.25, -0.2) is 4.68 Å². The van der Waals surface area contributed by atoms with Gasteiger partial charge in [0.15, 0.2) is 0 Å². The molecule has 0 spiro atoms. The highest BCUT2D eigenvalue weighted by Gasteiger charge is 2.25. The third-order valence-corrected chi connectivity index (χ3v) is 5.01. The van der Waals surface area contributed by atoms with Crippen LogP contribution in [0, 0.1) is 0 Å². The number of carbonyl (C=O) groups is 1. The Bertz CT molecular complexity index is 1050. The predicted molar refractivity (Wildman–Crippen MR) is 116 cm³/mol. The third-order valence-electron chi connectivity index (χ3n) is 5.01. The van der Waals surface area contributed by atoms with Crippen LogP contribution in [0.3, 0.4) is 0 Å². The number of allylic oxidation sites excluding steroid dienone is 2. The molecule has 0 unspecified atom stereocenters. The lowest BCUT2D eigenvalue weighted by atomic mass is 10.1. The molecule has 0 saturated carbocycles. The van der Waals surface area contributed by atoms with Crippen molar-refractivity contribution < 1.29 is 4.79 Å². The zero-order valence-electron chi connectivity index (χ0n) is 16.5. The van der Waals surface area contributed by atoms with Crippen LogP contribution in [0.4, 0.5) is 5.82 Å². The molecule has 1 aliphatic heterocycles. The highest BCUT2D eigenvalue weighted by Crippen LogP contribution is 2.27. The van der Waals surface area contributed by atoms with Crippen LogP contribution < -0.4 is 5.32 Å². The maximum Gasteiger partial charge on any atom is 0.259 e. The van der Waals surface area contributed by atoms with Crippen LogP contribution in [0.15, 0.2) is 85.2 Å². The van der Waals surface area contributed by atoms with Crippen molar-refractivity contribution in [3.63, 3.8) is 0 Å². The SMILES string of the molecule is C=C1C=C(C)n2ncc(C(=O)N(CCc3ccccc3)Cc3ccccc3)c2N1. The van der Waals surface area contributed by atoms with E-state index in [1.165, 1.54) is 5.56 Å². The number of rotatable bonds is 6. The number of anilines is 1. The topological polar surface area (TPSA) is 50.2 Å². The van der Waals surface area contributed by atoms with Gasteiger partial charge in [0, 0.05) is 24.5 Å². The summed E-state index contributed by atoms with van der Waals surface area (Å²) in [6.45, 7) is 7.10. The Balaban J connectivity index is 1.61. The first-order valence-electron chi connectivity index (χ1n) is 9.71. The van der Waals surface area contributed by atoms with Gasteiger partial charge >= 0.3 is 0 Å². The molecule has 0 bridgehead atoms. The lowest BCUT2D eigenvalue weighted by Gasteiger charge is -2.24. The molecule has 146 valence electrons. The second-order valence-corrected chi connectivity index (χ2v) is 7.20. The van der Waals surface area contributed by atoms with Gasteiger partial charge in [0.25, 0.3) is 5.91 Å². The lowest BCUT2D eigenvalue weighted by Crippen LogP contribution is -2.33. The Morgan fingerprint density at radius 3 is 2.41 bits per heavy atom. The van der Waals surface area contributed by atoms with Gasteiger partial charge < -0.3 is 10.2 Å². The number of benzene rings is 2. The first kappa shape index (κ1) is 18.7. The first-order chi connectivity index (χ1) is 14.1. The Morgan fingerprint density at radius 1 is 1.07 bits per heavy atom. The van der Waals surface area contributed by atoms with Gasteiger partial charge in [0.2, 0.25) is 0 Å². The van der Waals surface area contributed by atoms with E-state index in [1.807, 2.05) is 66.4 Å². The van der Waals surface area contributed by atoms with Crippen molar-refractivity contribution >= 4 is 17.4 Å². The van der Waals surface area contributed by atoms with Gasteiger partial charge in [-0.05, 0) is 30.5 Å². The van der Waals surface area contributed by atoms with Crippen LogP contribution in [-0.2, 0) is 13.0 Å². The quantitative estimate of drug-likeness (QED) is 0.677. The van der Waals surface area contributed by atoms with Gasteiger partial charge in [-0.15, -0.1) is 0 Å². The van der Waals surface area contributed by atoms with Crippen molar-refractivity contribution in [2.24, 2.45) is 0 Å². The smallest absolute Gasteiger partial charge is 0.259 e. The summed E-state index contributed by atoms with van der Waals surface area (Å²) < 4.78 is 1.75. The Labute approximate surface area is 171 Å². The molecule has 1 amide bonds. The van der Waals surface area contributed by atoms with Crippen molar-refractivity contribution in [3.05, 3.63) is 102 Å². The summed E-state index contributed by atoms with van der Waals surface area (Å²) in [5, 5.41) is 7.59. The second kappa shape index (κ2) is 8.19. The molecule has 4 rings (SSSR count). The van der Waals surface area contributed by atoms with E-state index in [-0.39, 0.29) is 5.91 Å². The van der Waals surface area contributed by atoms with E-state index < -0.39 is 0 Å². The highest BCUT2D eigenvalue weighted by molar-refractivity contribution is 6.00. The number of carbonyl (C=O) groups excluding carboxylic acids is 1. The molecule has 0 atom stereocenters. The number of aromatic nitrogens is 2. The Kier molecular flexibility index (Phi) is 5.29. The molecule has 29 heavy (non-hydrogen) atoms. The number of nitrogens with zero attached hydrogens (tertiary/aromatic N) is 3. The van der Waals surface area contributed by atoms with E-state index in [1.54, 1.807) is 10.9 Å². The minimum Gasteiger partial charge on any atom is -0.340 e. The summed E-state index contributed by atoms with van der Waals surface area (Å²) in [5.74, 6) is 0.638. The third kappa shape index (κ3) is 4.14. The van der Waals surface area contributed by atoms with Crippen LogP contribution in [0.25, 0.3) is 5.70 Å². The van der Waals surface area contributed by atoms with Crippen LogP contribution in [0.1, 0.15) is 28.4 Å². The van der Waals surface area contributed by atoms with Crippen LogP contribution >= 0.6 is 0 Å². The van der Waals surface area contributed by atoms with E-state index in [9.17, 15) is 4.79 Å². The van der Waals surface area contributed by atoms with Crippen molar-refractivity contribution in [1.29, 1.82) is 0 Å². The maximum atomic E-state index is 13.5. The molecule has 5 nitrogen and oxygen atoms in total. The molecule has 1 aromatic heterocycles. The molecule has 0 aliphatic carbocycles. The Morgan fingerprint density at radius 2 is 1.72 bits per heavy atom. The van der Waals surface area contributed by atoms with Gasteiger partial charge in [0.1, 0.15) is 11.4 Å². The molecule has 1 N–H and O–H groups in total. The summed E-state index contributed by atoms with van der Waals surface area (Å²) in [6.07, 6.45) is 4.34. The van der Waals surface area contributed by atoms with E-state index in [4.69, 9.17) is 0 Å². The maximum absolute atomic E-state index is 13.5. The molecule has 0 fully saturated rings. The molecular weight excluding hydrogens is 360 g/mol. The minimum atomic E-state index is -0.0407. The fraction of sp³-hybridized carbons (Fsp3) is 0.167. The number of amides is 1. The second-order valence-electron chi connectivity index (χ2n) is 7.20. The van der Waals surface area contributed by atoms with Crippen molar-refractivity contribution in [2.45, 2.75) is 19.9 Å². The number of hydrogen-bond donors (Lipinski definition) is 1. The van der Waals surface area contributed by atoms with Crippen LogP contribution in [-0.4, -0.2) is 27.1 Å². The highest BCUT2D eigenvalue weighted by atomic mass is 16.2. The molecular formula is C24H24N4O. The van der Waals surface area contributed by atoms with E-state index >= 15 is 0 Å². The fourth-order valence-corrected chi connectivity index (χ4v) is 3.53. The predicted octanol–water partition coefficient (Wildman–Crippen LogP) is 4.57. The van der Waals surface area contributed by atoms with Crippen molar-refractivity contribution in [2.75, 3.05) is 11.9 Å². The molecule has 2 aromatic carbocycles. The van der Waals surface area contributed by atoms with E-state index in [0.29, 0.717) is 24.5 Å². The van der Waals surface area contributed by atoms with Crippen molar-refractivity contribution in [3.8, 4) is 0 Å². The van der Waals surface area contributed by atoms with E-state index in [2.05, 4.69) is 29.1 Å². The minimum absolute atomic E-state index is 0.0407. The standard InChI is InChI=1S/C24H24N4O/c1-18-15-19(2)28-23(26-18)22(16-25-28)24(29)27(17-21-11-7-4-8-12-21)14-13-20-9-5-3-6-10-20/h3-12,15-16,26H,1,13-14,17H2,2H3. The summed E-state index contributed by atoms with van der Waals surface area (Å²) >= 11 is 0. The average Bonchev–Trinajstić information content (AvgIpc) is 3.16. The summed E-state index contributed by atoms with van der Waals surface area (Å²) in [7, 11) is 0. The molecule has 3 aromatic rings. The van der Waals surface area contributed by atoms with Crippen molar-refractivity contribution in [1.82, 2.24) is 14.7 Å². The Hall–Kier alpha value is -3.60. The monoisotopic (exact) mass is 384 g/mol. The number of fused-ring (bicyclic) bond motifs is 1. The normalized spacial score (nSPS) is 12.7. The molecule has 0 saturated heterocycles. The van der Waals surface area contributed by atoms with Crippen LogP contribution in [0.5, 0.6) is 0 Å². The van der Waals surface area contributed by atoms with Gasteiger partial charge in [0.05, 0.1) is 6.20 Å². The summed E-state index contributed by atoms with van der Waals surface area (Å²) in [4.78, 5) is 15.4. The average molecular weight is 384 g/mol.